The monoisotopic (exact) mass is 393 g/mol. The molecule has 1 N–H and O–H groups in total. The van der Waals surface area contributed by atoms with Crippen molar-refractivity contribution in [2.75, 3.05) is 18.4 Å². The van der Waals surface area contributed by atoms with Crippen LogP contribution in [-0.2, 0) is 10.0 Å². The lowest BCUT2D eigenvalue weighted by Crippen LogP contribution is -2.39. The Kier molecular flexibility index (Phi) is 5.60. The minimum Gasteiger partial charge on any atom is -0.322 e. The number of hydrogen-bond acceptors (Lipinski definition) is 4. The Morgan fingerprint density at radius 3 is 2.65 bits per heavy atom. The van der Waals surface area contributed by atoms with E-state index in [1.807, 2.05) is 0 Å². The van der Waals surface area contributed by atoms with Crippen LogP contribution in [0.4, 0.5) is 5.69 Å². The highest BCUT2D eigenvalue weighted by atomic mass is 35.5. The van der Waals surface area contributed by atoms with Gasteiger partial charge in [0.15, 0.2) is 0 Å². The van der Waals surface area contributed by atoms with Gasteiger partial charge < -0.3 is 5.32 Å². The molecule has 26 heavy (non-hydrogen) atoms. The summed E-state index contributed by atoms with van der Waals surface area (Å²) in [5.41, 5.74) is 0.887. The lowest BCUT2D eigenvalue weighted by molar-refractivity contribution is 0.102. The third kappa shape index (κ3) is 4.23. The van der Waals surface area contributed by atoms with Crippen LogP contribution in [0.1, 0.15) is 30.1 Å². The molecule has 1 saturated heterocycles. The van der Waals surface area contributed by atoms with Crippen LogP contribution >= 0.6 is 11.6 Å². The molecule has 8 heteroatoms. The molecule has 0 spiro atoms. The van der Waals surface area contributed by atoms with E-state index in [1.54, 1.807) is 18.2 Å². The molecule has 2 aromatic rings. The van der Waals surface area contributed by atoms with Gasteiger partial charge >= 0.3 is 0 Å². The second-order valence-electron chi connectivity index (χ2n) is 6.46. The summed E-state index contributed by atoms with van der Waals surface area (Å²) in [6, 6.07) is 9.22. The standard InChI is InChI=1S/C18H20ClN3O3S/c1-13-3-2-10-22(12-13)26(24,25)16-6-4-15(5-7-16)21-18(23)14-8-9-20-17(19)11-14/h4-9,11,13H,2-3,10,12H2,1H3,(H,21,23). The molecule has 1 unspecified atom stereocenters. The van der Waals surface area contributed by atoms with Crippen molar-refractivity contribution in [2.45, 2.75) is 24.7 Å². The van der Waals surface area contributed by atoms with E-state index < -0.39 is 10.0 Å². The van der Waals surface area contributed by atoms with Crippen molar-refractivity contribution in [1.29, 1.82) is 0 Å². The fraction of sp³-hybridized carbons (Fsp3) is 0.333. The molecule has 0 radical (unpaired) electrons. The van der Waals surface area contributed by atoms with Crippen LogP contribution in [0.5, 0.6) is 0 Å². The molecule has 0 aliphatic carbocycles. The number of pyridine rings is 1. The van der Waals surface area contributed by atoms with E-state index in [9.17, 15) is 13.2 Å². The van der Waals surface area contributed by atoms with Gasteiger partial charge in [0.2, 0.25) is 10.0 Å². The molecule has 1 aromatic carbocycles. The quantitative estimate of drug-likeness (QED) is 0.807. The van der Waals surface area contributed by atoms with Crippen LogP contribution in [0.15, 0.2) is 47.5 Å². The first-order chi connectivity index (χ1) is 12.4. The predicted molar refractivity (Wildman–Crippen MR) is 101 cm³/mol. The fourth-order valence-corrected chi connectivity index (χ4v) is 4.74. The number of rotatable bonds is 4. The number of halogens is 1. The van der Waals surface area contributed by atoms with Crippen molar-refractivity contribution < 1.29 is 13.2 Å². The van der Waals surface area contributed by atoms with E-state index in [-0.39, 0.29) is 16.0 Å². The Labute approximate surface area is 158 Å². The van der Waals surface area contributed by atoms with Crippen LogP contribution < -0.4 is 5.32 Å². The minimum atomic E-state index is -3.50. The molecule has 1 fully saturated rings. The second kappa shape index (κ2) is 7.73. The molecule has 0 saturated carbocycles. The number of carbonyl (C=O) groups is 1. The summed E-state index contributed by atoms with van der Waals surface area (Å²) in [7, 11) is -3.50. The number of benzene rings is 1. The molecule has 1 aliphatic rings. The third-order valence-electron chi connectivity index (χ3n) is 4.36. The van der Waals surface area contributed by atoms with Gasteiger partial charge in [-0.3, -0.25) is 4.79 Å². The van der Waals surface area contributed by atoms with Gasteiger partial charge in [0.1, 0.15) is 5.15 Å². The van der Waals surface area contributed by atoms with E-state index in [2.05, 4.69) is 17.2 Å². The lowest BCUT2D eigenvalue weighted by atomic mass is 10.0. The number of hydrogen-bond donors (Lipinski definition) is 1. The molecule has 1 aromatic heterocycles. The third-order valence-corrected chi connectivity index (χ3v) is 6.44. The summed E-state index contributed by atoms with van der Waals surface area (Å²) in [5, 5.41) is 2.95. The first-order valence-electron chi connectivity index (χ1n) is 8.39. The SMILES string of the molecule is CC1CCCN(S(=O)(=O)c2ccc(NC(=O)c3ccnc(Cl)c3)cc2)C1. The molecular weight excluding hydrogens is 374 g/mol. The topological polar surface area (TPSA) is 79.4 Å². The van der Waals surface area contributed by atoms with Crippen molar-refractivity contribution in [3.63, 3.8) is 0 Å². The van der Waals surface area contributed by atoms with Crippen molar-refractivity contribution in [3.05, 3.63) is 53.3 Å². The van der Waals surface area contributed by atoms with Crippen LogP contribution in [0.25, 0.3) is 0 Å². The molecule has 1 amide bonds. The van der Waals surface area contributed by atoms with Crippen LogP contribution in [0, 0.1) is 5.92 Å². The van der Waals surface area contributed by atoms with Crippen LogP contribution in [-0.4, -0.2) is 36.7 Å². The predicted octanol–water partition coefficient (Wildman–Crippen LogP) is 3.41. The maximum Gasteiger partial charge on any atom is 0.255 e. The Morgan fingerprint density at radius 1 is 1.27 bits per heavy atom. The number of amides is 1. The fourth-order valence-electron chi connectivity index (χ4n) is 2.97. The van der Waals surface area contributed by atoms with Gasteiger partial charge in [0.25, 0.3) is 5.91 Å². The Hall–Kier alpha value is -1.96. The lowest BCUT2D eigenvalue weighted by Gasteiger charge is -2.30. The van der Waals surface area contributed by atoms with Crippen LogP contribution in [0.3, 0.4) is 0 Å². The molecule has 3 rings (SSSR count). The zero-order valence-corrected chi connectivity index (χ0v) is 15.9. The van der Waals surface area contributed by atoms with Gasteiger partial charge in [-0.25, -0.2) is 13.4 Å². The molecule has 6 nitrogen and oxygen atoms in total. The summed E-state index contributed by atoms with van der Waals surface area (Å²) in [6.45, 7) is 3.16. The number of sulfonamides is 1. The minimum absolute atomic E-state index is 0.231. The van der Waals surface area contributed by atoms with Gasteiger partial charge in [-0.2, -0.15) is 4.31 Å². The second-order valence-corrected chi connectivity index (χ2v) is 8.78. The number of piperidine rings is 1. The molecular formula is C18H20ClN3O3S. The molecule has 138 valence electrons. The first kappa shape index (κ1) is 18.8. The van der Waals surface area contributed by atoms with Gasteiger partial charge in [-0.15, -0.1) is 0 Å². The van der Waals surface area contributed by atoms with Gasteiger partial charge in [-0.1, -0.05) is 18.5 Å². The number of aromatic nitrogens is 1. The van der Waals surface area contributed by atoms with Crippen molar-refractivity contribution in [2.24, 2.45) is 5.92 Å². The number of nitrogens with one attached hydrogen (secondary N) is 1. The number of nitrogens with zero attached hydrogens (tertiary/aromatic N) is 2. The summed E-state index contributed by atoms with van der Waals surface area (Å²) in [4.78, 5) is 16.3. The average Bonchev–Trinajstić information content (AvgIpc) is 2.62. The Bertz CT molecular complexity index is 900. The molecule has 1 atom stereocenters. The van der Waals surface area contributed by atoms with Gasteiger partial charge in [0.05, 0.1) is 4.90 Å². The van der Waals surface area contributed by atoms with E-state index in [0.717, 1.165) is 12.8 Å². The van der Waals surface area contributed by atoms with Crippen molar-refractivity contribution in [3.8, 4) is 0 Å². The number of anilines is 1. The Balaban J connectivity index is 1.73. The zero-order chi connectivity index (χ0) is 18.7. The molecule has 2 heterocycles. The highest BCUT2D eigenvalue weighted by Gasteiger charge is 2.28. The Morgan fingerprint density at radius 2 is 2.00 bits per heavy atom. The maximum atomic E-state index is 12.7. The highest BCUT2D eigenvalue weighted by molar-refractivity contribution is 7.89. The van der Waals surface area contributed by atoms with E-state index >= 15 is 0 Å². The largest absolute Gasteiger partial charge is 0.322 e. The van der Waals surface area contributed by atoms with Gasteiger partial charge in [0, 0.05) is 30.5 Å². The first-order valence-corrected chi connectivity index (χ1v) is 10.2. The van der Waals surface area contributed by atoms with E-state index in [4.69, 9.17) is 11.6 Å². The summed E-state index contributed by atoms with van der Waals surface area (Å²) < 4.78 is 27.0. The van der Waals surface area contributed by atoms with Crippen LogP contribution in [0.2, 0.25) is 5.15 Å². The molecule has 0 bridgehead atoms. The van der Waals surface area contributed by atoms with Crippen molar-refractivity contribution in [1.82, 2.24) is 9.29 Å². The van der Waals surface area contributed by atoms with Crippen molar-refractivity contribution >= 4 is 33.2 Å². The zero-order valence-electron chi connectivity index (χ0n) is 14.4. The summed E-state index contributed by atoms with van der Waals surface area (Å²) in [5.74, 6) is 0.0269. The smallest absolute Gasteiger partial charge is 0.255 e. The van der Waals surface area contributed by atoms with Gasteiger partial charge in [-0.05, 0) is 55.2 Å². The molecule has 1 aliphatic heterocycles. The van der Waals surface area contributed by atoms with E-state index in [0.29, 0.717) is 30.3 Å². The maximum absolute atomic E-state index is 12.7. The highest BCUT2D eigenvalue weighted by Crippen LogP contribution is 2.24. The normalized spacial score (nSPS) is 18.5. The number of carbonyl (C=O) groups excluding carboxylic acids is 1. The summed E-state index contributed by atoms with van der Waals surface area (Å²) >= 11 is 5.78. The summed E-state index contributed by atoms with van der Waals surface area (Å²) in [6.07, 6.45) is 3.38. The average molecular weight is 394 g/mol. The van der Waals surface area contributed by atoms with E-state index in [1.165, 1.54) is 28.7 Å².